The van der Waals surface area contributed by atoms with Crippen LogP contribution in [0.15, 0.2) is 61.1 Å². The molecule has 0 aliphatic carbocycles. The Balaban J connectivity index is 1.55. The monoisotopic (exact) mass is 619 g/mol. The number of carbonyl (C=O) groups excluding carboxylic acids is 1. The Morgan fingerprint density at radius 2 is 1.95 bits per heavy atom. The summed E-state index contributed by atoms with van der Waals surface area (Å²) in [6.07, 6.45) is 3.55. The largest absolute Gasteiger partial charge is 0.345 e. The molecule has 222 valence electrons. The minimum Gasteiger partial charge on any atom is -0.345 e. The van der Waals surface area contributed by atoms with Crippen LogP contribution >= 0.6 is 0 Å². The number of hydrogen-bond donors (Lipinski definition) is 3. The third kappa shape index (κ3) is 4.78. The van der Waals surface area contributed by atoms with Crippen LogP contribution in [0.1, 0.15) is 35.0 Å². The van der Waals surface area contributed by atoms with Crippen molar-refractivity contribution >= 4 is 37.6 Å². The molecule has 3 aromatic rings. The molecule has 2 fully saturated rings. The molecule has 1 aromatic carbocycles. The predicted molar refractivity (Wildman–Crippen MR) is 149 cm³/mol. The van der Waals surface area contributed by atoms with Crippen LogP contribution in [0.3, 0.4) is 0 Å². The lowest BCUT2D eigenvalue weighted by Crippen LogP contribution is -2.74. The summed E-state index contributed by atoms with van der Waals surface area (Å²) in [7, 11) is -7.30. The molecule has 16 heteroatoms. The summed E-state index contributed by atoms with van der Waals surface area (Å²) in [5, 5.41) is 13.7. The summed E-state index contributed by atoms with van der Waals surface area (Å²) in [6, 6.07) is 8.91. The normalized spacial score (nSPS) is 24.0. The summed E-state index contributed by atoms with van der Waals surface area (Å²) in [6.45, 7) is 0.706. The minimum atomic E-state index is -4.44. The summed E-state index contributed by atoms with van der Waals surface area (Å²) in [5.41, 5.74) is -1.69. The number of pyridine rings is 2. The molecule has 0 bridgehead atoms. The van der Waals surface area contributed by atoms with Gasteiger partial charge in [0.1, 0.15) is 22.1 Å². The molecule has 2 saturated heterocycles. The number of sulfonamides is 2. The molecule has 4 heterocycles. The molecule has 1 amide bonds. The van der Waals surface area contributed by atoms with E-state index in [4.69, 9.17) is 5.41 Å². The van der Waals surface area contributed by atoms with Crippen LogP contribution in [0.5, 0.6) is 0 Å². The van der Waals surface area contributed by atoms with Gasteiger partial charge in [0, 0.05) is 43.8 Å². The highest BCUT2D eigenvalue weighted by Gasteiger charge is 2.67. The van der Waals surface area contributed by atoms with Gasteiger partial charge in [-0.25, -0.2) is 34.9 Å². The zero-order valence-corrected chi connectivity index (χ0v) is 24.1. The van der Waals surface area contributed by atoms with Crippen LogP contribution in [0.2, 0.25) is 0 Å². The fraction of sp³-hybridized carbons (Fsp3) is 0.308. The molecule has 2 aliphatic heterocycles. The topological polar surface area (TPSA) is 166 Å². The van der Waals surface area contributed by atoms with Crippen LogP contribution in [-0.2, 0) is 31.3 Å². The molecular formula is C26H27F2N7O5S2. The molecule has 0 unspecified atom stereocenters. The van der Waals surface area contributed by atoms with Crippen molar-refractivity contribution < 1.29 is 30.4 Å². The lowest BCUT2D eigenvalue weighted by molar-refractivity contribution is 0.102. The summed E-state index contributed by atoms with van der Waals surface area (Å²) in [4.78, 5) is 20.4. The van der Waals surface area contributed by atoms with Crippen LogP contribution in [0.4, 0.5) is 14.5 Å². The van der Waals surface area contributed by atoms with Crippen molar-refractivity contribution in [3.8, 4) is 0 Å². The number of nitrogens with zero attached hydrogens (tertiary/aromatic N) is 4. The maximum absolute atomic E-state index is 15.6. The minimum absolute atomic E-state index is 0.0719. The van der Waals surface area contributed by atoms with Crippen molar-refractivity contribution in [2.75, 3.05) is 25.5 Å². The second-order valence-corrected chi connectivity index (χ2v) is 14.5. The molecule has 0 saturated carbocycles. The third-order valence-corrected chi connectivity index (χ3v) is 12.3. The van der Waals surface area contributed by atoms with Crippen LogP contribution < -0.4 is 10.6 Å². The number of nitrogens with one attached hydrogen (secondary N) is 3. The Morgan fingerprint density at radius 1 is 1.19 bits per heavy atom. The number of benzene rings is 1. The maximum Gasteiger partial charge on any atom is 0.274 e. The average Bonchev–Trinajstić information content (AvgIpc) is 3.43. The quantitative estimate of drug-likeness (QED) is 0.377. The van der Waals surface area contributed by atoms with E-state index in [0.717, 1.165) is 33.0 Å². The highest BCUT2D eigenvalue weighted by Crippen LogP contribution is 2.50. The van der Waals surface area contributed by atoms with Gasteiger partial charge in [-0.3, -0.25) is 15.2 Å². The Labute approximate surface area is 241 Å². The van der Waals surface area contributed by atoms with Gasteiger partial charge < -0.3 is 10.6 Å². The van der Waals surface area contributed by atoms with Crippen molar-refractivity contribution in [1.29, 1.82) is 5.41 Å². The van der Waals surface area contributed by atoms with Gasteiger partial charge in [-0.1, -0.05) is 6.07 Å². The highest BCUT2D eigenvalue weighted by atomic mass is 32.2. The van der Waals surface area contributed by atoms with Gasteiger partial charge in [-0.05, 0) is 55.3 Å². The molecule has 2 aliphatic rings. The van der Waals surface area contributed by atoms with E-state index >= 15 is 4.39 Å². The zero-order valence-electron chi connectivity index (χ0n) is 22.5. The number of amides is 1. The van der Waals surface area contributed by atoms with E-state index in [0.29, 0.717) is 5.56 Å². The number of guanidine groups is 1. The molecule has 3 N–H and O–H groups in total. The van der Waals surface area contributed by atoms with E-state index in [1.165, 1.54) is 38.5 Å². The number of rotatable bonds is 6. The van der Waals surface area contributed by atoms with E-state index in [9.17, 15) is 26.0 Å². The molecule has 42 heavy (non-hydrogen) atoms. The van der Waals surface area contributed by atoms with Crippen molar-refractivity contribution in [3.63, 3.8) is 0 Å². The van der Waals surface area contributed by atoms with Crippen LogP contribution in [-0.4, -0.2) is 72.2 Å². The zero-order chi connectivity index (χ0) is 30.5. The SMILES string of the molecule is CN1C(=N)N[C@@](C)(c2cc(NC(=O)c3ccc(F)cn3)ccc2F)[C@@]2(CCN(S(=O)(=O)Cc3cccnc3)C2)S1(=O)=O. The first-order valence-corrected chi connectivity index (χ1v) is 15.7. The van der Waals surface area contributed by atoms with Gasteiger partial charge in [-0.15, -0.1) is 0 Å². The first-order chi connectivity index (χ1) is 19.7. The number of hydrogen-bond acceptors (Lipinski definition) is 8. The average molecular weight is 620 g/mol. The van der Waals surface area contributed by atoms with Crippen molar-refractivity contribution in [2.45, 2.75) is 29.4 Å². The van der Waals surface area contributed by atoms with Gasteiger partial charge in [-0.2, -0.15) is 4.31 Å². The highest BCUT2D eigenvalue weighted by molar-refractivity contribution is 7.91. The molecular weight excluding hydrogens is 592 g/mol. The maximum atomic E-state index is 15.6. The van der Waals surface area contributed by atoms with Crippen LogP contribution in [0.25, 0.3) is 0 Å². The van der Waals surface area contributed by atoms with E-state index in [-0.39, 0.29) is 29.9 Å². The Kier molecular flexibility index (Phi) is 7.27. The van der Waals surface area contributed by atoms with Crippen molar-refractivity contribution in [1.82, 2.24) is 23.9 Å². The van der Waals surface area contributed by atoms with E-state index in [1.807, 2.05) is 0 Å². The van der Waals surface area contributed by atoms with Gasteiger partial charge in [0.05, 0.1) is 17.5 Å². The van der Waals surface area contributed by atoms with Crippen molar-refractivity contribution in [2.24, 2.45) is 0 Å². The number of aromatic nitrogens is 2. The first-order valence-electron chi connectivity index (χ1n) is 12.7. The van der Waals surface area contributed by atoms with Gasteiger partial charge in [0.2, 0.25) is 26.0 Å². The summed E-state index contributed by atoms with van der Waals surface area (Å²) >= 11 is 0. The fourth-order valence-corrected chi connectivity index (χ4v) is 9.26. The molecule has 1 spiro atoms. The van der Waals surface area contributed by atoms with E-state index < -0.39 is 66.1 Å². The fourth-order valence-electron chi connectivity index (χ4n) is 5.46. The van der Waals surface area contributed by atoms with E-state index in [1.54, 1.807) is 12.1 Å². The van der Waals surface area contributed by atoms with E-state index in [2.05, 4.69) is 20.6 Å². The summed E-state index contributed by atoms with van der Waals surface area (Å²) < 4.78 is 83.6. The van der Waals surface area contributed by atoms with Crippen molar-refractivity contribution in [3.05, 3.63) is 89.5 Å². The standard InChI is InChI=1S/C26H27F2N7O5S2/c1-25(20-12-19(6-7-21(20)28)32-23(36)22-8-5-18(27)14-31-22)26(42(39,40)34(2)24(29)33-25)9-11-35(16-26)41(37,38)15-17-4-3-10-30-13-17/h3-8,10,12-14H,9,11,15-16H2,1-2H3,(H2,29,33)(H,32,36)/t25-,26-/m0/s1. The molecule has 12 nitrogen and oxygen atoms in total. The second kappa shape index (κ2) is 10.4. The molecule has 0 radical (unpaired) electrons. The predicted octanol–water partition coefficient (Wildman–Crippen LogP) is 2.00. The number of halogens is 2. The van der Waals surface area contributed by atoms with Crippen LogP contribution in [0, 0.1) is 17.0 Å². The molecule has 5 rings (SSSR count). The first kappa shape index (κ1) is 29.5. The lowest BCUT2D eigenvalue weighted by Gasteiger charge is -2.52. The Morgan fingerprint density at radius 3 is 2.62 bits per heavy atom. The molecule has 2 atom stereocenters. The Hall–Kier alpha value is -4.02. The third-order valence-electron chi connectivity index (χ3n) is 7.83. The van der Waals surface area contributed by atoms with Gasteiger partial charge in [0.15, 0.2) is 0 Å². The molecule has 2 aromatic heterocycles. The lowest BCUT2D eigenvalue weighted by atomic mass is 9.77. The smallest absolute Gasteiger partial charge is 0.274 e. The number of carbonyl (C=O) groups is 1. The Bertz CT molecular complexity index is 1780. The van der Waals surface area contributed by atoms with Gasteiger partial charge in [0.25, 0.3) is 5.91 Å². The number of anilines is 1. The second-order valence-electron chi connectivity index (χ2n) is 10.3. The van der Waals surface area contributed by atoms with Gasteiger partial charge >= 0.3 is 0 Å². The summed E-state index contributed by atoms with van der Waals surface area (Å²) in [5.74, 6) is -3.16.